The van der Waals surface area contributed by atoms with Crippen LogP contribution in [0.4, 0.5) is 10.1 Å². The highest BCUT2D eigenvalue weighted by atomic mass is 19.1. The van der Waals surface area contributed by atoms with Gasteiger partial charge in [0, 0.05) is 18.1 Å². The third kappa shape index (κ3) is 2.65. The van der Waals surface area contributed by atoms with Gasteiger partial charge in [-0.25, -0.2) is 9.18 Å². The Kier molecular flexibility index (Phi) is 3.94. The topological polar surface area (TPSA) is 51.2 Å². The minimum Gasteiger partial charge on any atom is -0.462 e. The molecule has 0 radical (unpaired) electrons. The summed E-state index contributed by atoms with van der Waals surface area (Å²) >= 11 is 0. The Labute approximate surface area is 110 Å². The molecule has 100 valence electrons. The molecule has 2 rings (SSSR count). The molecule has 0 fully saturated rings. The van der Waals surface area contributed by atoms with Gasteiger partial charge in [-0.15, -0.1) is 0 Å². The Morgan fingerprint density at radius 2 is 2.21 bits per heavy atom. The van der Waals surface area contributed by atoms with Crippen molar-refractivity contribution in [3.05, 3.63) is 35.8 Å². The zero-order chi connectivity index (χ0) is 13.8. The highest BCUT2D eigenvalue weighted by molar-refractivity contribution is 6.04. The fourth-order valence-electron chi connectivity index (χ4n) is 1.90. The number of carbonyl (C=O) groups excluding carboxylic acids is 1. The Hall–Kier alpha value is -2.17. The maximum absolute atomic E-state index is 13.4. The number of rotatable bonds is 4. The van der Waals surface area contributed by atoms with Gasteiger partial charge in [0.1, 0.15) is 11.4 Å². The van der Waals surface area contributed by atoms with Crippen molar-refractivity contribution in [2.75, 3.05) is 18.5 Å². The van der Waals surface area contributed by atoms with Crippen molar-refractivity contribution in [1.82, 2.24) is 4.98 Å². The van der Waals surface area contributed by atoms with Crippen LogP contribution in [-0.2, 0) is 4.74 Å². The van der Waals surface area contributed by atoms with Crippen molar-refractivity contribution < 1.29 is 13.9 Å². The van der Waals surface area contributed by atoms with E-state index in [0.717, 1.165) is 0 Å². The van der Waals surface area contributed by atoms with Gasteiger partial charge in [-0.1, -0.05) is 0 Å². The molecule has 0 atom stereocenters. The lowest BCUT2D eigenvalue weighted by atomic mass is 10.1. The van der Waals surface area contributed by atoms with Crippen molar-refractivity contribution in [1.29, 1.82) is 0 Å². The molecule has 0 spiro atoms. The van der Waals surface area contributed by atoms with Gasteiger partial charge in [-0.05, 0) is 32.0 Å². The van der Waals surface area contributed by atoms with Gasteiger partial charge in [0.2, 0.25) is 0 Å². The molecule has 0 aliphatic rings. The number of pyridine rings is 1. The van der Waals surface area contributed by atoms with E-state index in [1.54, 1.807) is 13.0 Å². The summed E-state index contributed by atoms with van der Waals surface area (Å²) in [5.41, 5.74) is 1.51. The van der Waals surface area contributed by atoms with Crippen LogP contribution < -0.4 is 5.32 Å². The lowest BCUT2D eigenvalue weighted by Crippen LogP contribution is -2.11. The first kappa shape index (κ1) is 13.3. The molecule has 2 aromatic rings. The minimum atomic E-state index is -0.461. The number of nitrogens with zero attached hydrogens (tertiary/aromatic N) is 1. The number of nitrogens with one attached hydrogen (secondary N) is 1. The van der Waals surface area contributed by atoms with Crippen LogP contribution in [0, 0.1) is 5.82 Å². The summed E-state index contributed by atoms with van der Waals surface area (Å²) in [6, 6.07) is 4.29. The summed E-state index contributed by atoms with van der Waals surface area (Å²) in [6.07, 6.45) is 1.45. The van der Waals surface area contributed by atoms with Crippen LogP contribution in [0.25, 0.3) is 10.9 Å². The third-order valence-corrected chi connectivity index (χ3v) is 2.68. The van der Waals surface area contributed by atoms with Crippen LogP contribution in [0.2, 0.25) is 0 Å². The number of fused-ring (bicyclic) bond motifs is 1. The standard InChI is InChI=1S/C14H15FN2O2/c1-3-16-13-10-7-9(15)5-6-12(10)17-8-11(13)14(18)19-4-2/h5-8H,3-4H2,1-2H3,(H,16,17). The van der Waals surface area contributed by atoms with Gasteiger partial charge in [0.25, 0.3) is 0 Å². The summed E-state index contributed by atoms with van der Waals surface area (Å²) in [4.78, 5) is 16.0. The Morgan fingerprint density at radius 3 is 2.89 bits per heavy atom. The van der Waals surface area contributed by atoms with E-state index in [9.17, 15) is 9.18 Å². The largest absolute Gasteiger partial charge is 0.462 e. The molecule has 1 aromatic heterocycles. The number of esters is 1. The smallest absolute Gasteiger partial charge is 0.341 e. The van der Waals surface area contributed by atoms with Gasteiger partial charge >= 0.3 is 5.97 Å². The molecule has 1 aromatic carbocycles. The van der Waals surface area contributed by atoms with Gasteiger partial charge in [0.05, 0.1) is 17.8 Å². The molecule has 1 N–H and O–H groups in total. The number of hydrogen-bond acceptors (Lipinski definition) is 4. The van der Waals surface area contributed by atoms with E-state index < -0.39 is 5.97 Å². The zero-order valence-electron chi connectivity index (χ0n) is 10.9. The monoisotopic (exact) mass is 262 g/mol. The van der Waals surface area contributed by atoms with Crippen LogP contribution >= 0.6 is 0 Å². The van der Waals surface area contributed by atoms with Crippen molar-refractivity contribution >= 4 is 22.6 Å². The number of ether oxygens (including phenoxy) is 1. The highest BCUT2D eigenvalue weighted by Crippen LogP contribution is 2.27. The van der Waals surface area contributed by atoms with E-state index >= 15 is 0 Å². The molecule has 0 unspecified atom stereocenters. The number of carbonyl (C=O) groups is 1. The number of anilines is 1. The molecular weight excluding hydrogens is 247 g/mol. The van der Waals surface area contributed by atoms with Gasteiger partial charge in [0.15, 0.2) is 0 Å². The van der Waals surface area contributed by atoms with Crippen LogP contribution in [-0.4, -0.2) is 24.1 Å². The van der Waals surface area contributed by atoms with E-state index in [4.69, 9.17) is 4.74 Å². The Morgan fingerprint density at radius 1 is 1.42 bits per heavy atom. The summed E-state index contributed by atoms with van der Waals surface area (Å²) < 4.78 is 18.3. The minimum absolute atomic E-state index is 0.283. The van der Waals surface area contributed by atoms with Crippen molar-refractivity contribution in [3.8, 4) is 0 Å². The van der Waals surface area contributed by atoms with E-state index in [2.05, 4.69) is 10.3 Å². The second-order valence-corrected chi connectivity index (χ2v) is 3.96. The van der Waals surface area contributed by atoms with Crippen molar-refractivity contribution in [3.63, 3.8) is 0 Å². The van der Waals surface area contributed by atoms with E-state index in [1.807, 2.05) is 6.92 Å². The summed E-state index contributed by atoms with van der Waals surface area (Å²) in [6.45, 7) is 4.53. The Balaban J connectivity index is 2.63. The second kappa shape index (κ2) is 5.65. The zero-order valence-corrected chi connectivity index (χ0v) is 10.9. The molecule has 0 amide bonds. The highest BCUT2D eigenvalue weighted by Gasteiger charge is 2.16. The molecule has 5 heteroatoms. The molecular formula is C14H15FN2O2. The van der Waals surface area contributed by atoms with Crippen LogP contribution in [0.3, 0.4) is 0 Å². The molecule has 0 aliphatic heterocycles. The second-order valence-electron chi connectivity index (χ2n) is 3.96. The molecule has 0 bridgehead atoms. The lowest BCUT2D eigenvalue weighted by molar-refractivity contribution is 0.0527. The summed E-state index contributed by atoms with van der Waals surface area (Å²) in [5.74, 6) is -0.827. The molecule has 0 aliphatic carbocycles. The maximum Gasteiger partial charge on any atom is 0.341 e. The Bertz CT molecular complexity index is 614. The number of benzene rings is 1. The van der Waals surface area contributed by atoms with Crippen LogP contribution in [0.1, 0.15) is 24.2 Å². The van der Waals surface area contributed by atoms with Crippen LogP contribution in [0.5, 0.6) is 0 Å². The average molecular weight is 262 g/mol. The molecule has 1 heterocycles. The molecule has 19 heavy (non-hydrogen) atoms. The normalized spacial score (nSPS) is 10.5. The lowest BCUT2D eigenvalue weighted by Gasteiger charge is -2.12. The fraction of sp³-hybridized carbons (Fsp3) is 0.286. The van der Waals surface area contributed by atoms with E-state index in [-0.39, 0.29) is 12.4 Å². The molecule has 4 nitrogen and oxygen atoms in total. The number of hydrogen-bond donors (Lipinski definition) is 1. The third-order valence-electron chi connectivity index (χ3n) is 2.68. The summed E-state index contributed by atoms with van der Waals surface area (Å²) in [7, 11) is 0. The van der Waals surface area contributed by atoms with Gasteiger partial charge in [-0.3, -0.25) is 4.98 Å². The SMILES string of the molecule is CCNc1c(C(=O)OCC)cnc2ccc(F)cc12. The van der Waals surface area contributed by atoms with Gasteiger partial charge < -0.3 is 10.1 Å². The predicted octanol–water partition coefficient (Wildman–Crippen LogP) is 2.98. The van der Waals surface area contributed by atoms with Crippen LogP contribution in [0.15, 0.2) is 24.4 Å². The summed E-state index contributed by atoms with van der Waals surface area (Å²) in [5, 5.41) is 3.65. The van der Waals surface area contributed by atoms with Gasteiger partial charge in [-0.2, -0.15) is 0 Å². The molecule has 0 saturated heterocycles. The van der Waals surface area contributed by atoms with E-state index in [0.29, 0.717) is 28.7 Å². The first-order valence-electron chi connectivity index (χ1n) is 6.16. The number of halogens is 1. The fourth-order valence-corrected chi connectivity index (χ4v) is 1.90. The van der Waals surface area contributed by atoms with Crippen molar-refractivity contribution in [2.45, 2.75) is 13.8 Å². The molecule has 0 saturated carbocycles. The average Bonchev–Trinajstić information content (AvgIpc) is 2.40. The van der Waals surface area contributed by atoms with E-state index in [1.165, 1.54) is 18.3 Å². The number of aromatic nitrogens is 1. The first-order chi connectivity index (χ1) is 9.17. The van der Waals surface area contributed by atoms with Crippen molar-refractivity contribution in [2.24, 2.45) is 0 Å². The first-order valence-corrected chi connectivity index (χ1v) is 6.16. The maximum atomic E-state index is 13.4. The quantitative estimate of drug-likeness (QED) is 0.861. The predicted molar refractivity (Wildman–Crippen MR) is 71.8 cm³/mol.